The van der Waals surface area contributed by atoms with Crippen LogP contribution < -0.4 is 5.32 Å². The number of amides is 1. The van der Waals surface area contributed by atoms with Gasteiger partial charge in [0.2, 0.25) is 0 Å². The Morgan fingerprint density at radius 2 is 2.00 bits per heavy atom. The number of rotatable bonds is 4. The predicted octanol–water partition coefficient (Wildman–Crippen LogP) is 2.23. The van der Waals surface area contributed by atoms with Gasteiger partial charge in [0.15, 0.2) is 0 Å². The monoisotopic (exact) mass is 290 g/mol. The van der Waals surface area contributed by atoms with Gasteiger partial charge in [-0.25, -0.2) is 9.78 Å². The van der Waals surface area contributed by atoms with E-state index in [1.807, 2.05) is 0 Å². The van der Waals surface area contributed by atoms with Crippen molar-refractivity contribution < 1.29 is 14.7 Å². The number of carboxylic acid groups (broad SMARTS) is 1. The summed E-state index contributed by atoms with van der Waals surface area (Å²) in [5, 5.41) is 11.6. The van der Waals surface area contributed by atoms with Crippen LogP contribution in [0.1, 0.15) is 24.2 Å². The number of aliphatic carboxylic acids is 1. The summed E-state index contributed by atoms with van der Waals surface area (Å²) >= 11 is 11.5. The fraction of sp³-hybridized carbons (Fsp3) is 0.364. The van der Waals surface area contributed by atoms with Gasteiger partial charge in [-0.3, -0.25) is 4.79 Å². The topological polar surface area (TPSA) is 79.3 Å². The largest absolute Gasteiger partial charge is 0.480 e. The molecular formula is C11H12Cl2N2O3. The van der Waals surface area contributed by atoms with Gasteiger partial charge >= 0.3 is 5.97 Å². The van der Waals surface area contributed by atoms with E-state index in [0.29, 0.717) is 0 Å². The van der Waals surface area contributed by atoms with Crippen molar-refractivity contribution >= 4 is 35.1 Å². The van der Waals surface area contributed by atoms with E-state index in [4.69, 9.17) is 28.3 Å². The standard InChI is InChI=1S/C11H12Cl2N2O3/c1-5(2)9(11(17)18)15-10(16)6-3-8(13)14-4-7(6)12/h3-5,9H,1-2H3,(H,15,16)(H,17,18)/t9-/m0/s1. The van der Waals surface area contributed by atoms with Crippen LogP contribution in [-0.2, 0) is 4.79 Å². The van der Waals surface area contributed by atoms with E-state index in [-0.39, 0.29) is 21.7 Å². The number of pyridine rings is 1. The average Bonchev–Trinajstić information content (AvgIpc) is 2.28. The zero-order valence-electron chi connectivity index (χ0n) is 9.78. The van der Waals surface area contributed by atoms with Crippen LogP contribution in [0.4, 0.5) is 0 Å². The number of hydrogen-bond acceptors (Lipinski definition) is 3. The molecule has 7 heteroatoms. The predicted molar refractivity (Wildman–Crippen MR) is 68.0 cm³/mol. The van der Waals surface area contributed by atoms with Crippen molar-refractivity contribution in [2.45, 2.75) is 19.9 Å². The van der Waals surface area contributed by atoms with E-state index >= 15 is 0 Å². The lowest BCUT2D eigenvalue weighted by Crippen LogP contribution is -2.44. The second-order valence-corrected chi connectivity index (χ2v) is 4.81. The summed E-state index contributed by atoms with van der Waals surface area (Å²) in [5.74, 6) is -1.94. The van der Waals surface area contributed by atoms with Gasteiger partial charge in [0.1, 0.15) is 11.2 Å². The molecule has 1 aromatic rings. The van der Waals surface area contributed by atoms with Gasteiger partial charge < -0.3 is 10.4 Å². The molecule has 0 aliphatic rings. The first-order valence-electron chi connectivity index (χ1n) is 5.17. The first-order chi connectivity index (χ1) is 8.32. The highest BCUT2D eigenvalue weighted by Crippen LogP contribution is 2.18. The molecule has 1 heterocycles. The van der Waals surface area contributed by atoms with Gasteiger partial charge in [0, 0.05) is 6.20 Å². The van der Waals surface area contributed by atoms with Crippen molar-refractivity contribution in [2.24, 2.45) is 5.92 Å². The lowest BCUT2D eigenvalue weighted by atomic mass is 10.0. The first kappa shape index (κ1) is 14.7. The third-order valence-electron chi connectivity index (χ3n) is 2.29. The maximum absolute atomic E-state index is 11.9. The van der Waals surface area contributed by atoms with E-state index < -0.39 is 17.9 Å². The summed E-state index contributed by atoms with van der Waals surface area (Å²) in [4.78, 5) is 26.6. The lowest BCUT2D eigenvalue weighted by molar-refractivity contribution is -0.140. The third-order valence-corrected chi connectivity index (χ3v) is 2.79. The Kier molecular flexibility index (Phi) is 4.93. The van der Waals surface area contributed by atoms with Crippen LogP contribution in [-0.4, -0.2) is 28.0 Å². The van der Waals surface area contributed by atoms with Crippen LogP contribution in [0, 0.1) is 5.92 Å². The SMILES string of the molecule is CC(C)[C@H](NC(=O)c1cc(Cl)ncc1Cl)C(=O)O. The smallest absolute Gasteiger partial charge is 0.326 e. The molecule has 5 nitrogen and oxygen atoms in total. The second-order valence-electron chi connectivity index (χ2n) is 4.02. The average molecular weight is 291 g/mol. The fourth-order valence-corrected chi connectivity index (χ4v) is 1.67. The number of hydrogen-bond donors (Lipinski definition) is 2. The van der Waals surface area contributed by atoms with Crippen molar-refractivity contribution in [3.8, 4) is 0 Å². The van der Waals surface area contributed by atoms with Gasteiger partial charge in [0.25, 0.3) is 5.91 Å². The van der Waals surface area contributed by atoms with Crippen molar-refractivity contribution in [1.82, 2.24) is 10.3 Å². The Morgan fingerprint density at radius 3 is 2.50 bits per heavy atom. The van der Waals surface area contributed by atoms with Crippen LogP contribution in [0.15, 0.2) is 12.3 Å². The van der Waals surface area contributed by atoms with E-state index in [9.17, 15) is 9.59 Å². The van der Waals surface area contributed by atoms with Crippen LogP contribution in [0.3, 0.4) is 0 Å². The quantitative estimate of drug-likeness (QED) is 0.834. The van der Waals surface area contributed by atoms with E-state index in [1.54, 1.807) is 13.8 Å². The number of nitrogens with one attached hydrogen (secondary N) is 1. The number of nitrogens with zero attached hydrogens (tertiary/aromatic N) is 1. The Bertz CT molecular complexity index is 477. The fourth-order valence-electron chi connectivity index (χ4n) is 1.32. The zero-order chi connectivity index (χ0) is 13.9. The Balaban J connectivity index is 2.94. The summed E-state index contributed by atoms with van der Waals surface area (Å²) in [6.07, 6.45) is 1.24. The van der Waals surface area contributed by atoms with Gasteiger partial charge in [-0.2, -0.15) is 0 Å². The molecule has 0 fully saturated rings. The summed E-state index contributed by atoms with van der Waals surface area (Å²) in [6.45, 7) is 3.39. The minimum atomic E-state index is -1.10. The Hall–Kier alpha value is -1.33. The highest BCUT2D eigenvalue weighted by atomic mass is 35.5. The van der Waals surface area contributed by atoms with Crippen molar-refractivity contribution in [3.05, 3.63) is 28.0 Å². The van der Waals surface area contributed by atoms with Gasteiger partial charge in [0.05, 0.1) is 10.6 Å². The summed E-state index contributed by atoms with van der Waals surface area (Å²) < 4.78 is 0. The minimum absolute atomic E-state index is 0.101. The molecule has 0 spiro atoms. The molecule has 0 saturated carbocycles. The molecule has 1 rings (SSSR count). The minimum Gasteiger partial charge on any atom is -0.480 e. The van der Waals surface area contributed by atoms with Crippen LogP contribution in [0.25, 0.3) is 0 Å². The molecule has 1 amide bonds. The maximum Gasteiger partial charge on any atom is 0.326 e. The molecule has 98 valence electrons. The molecule has 1 atom stereocenters. The highest BCUT2D eigenvalue weighted by Gasteiger charge is 2.25. The highest BCUT2D eigenvalue weighted by molar-refractivity contribution is 6.35. The van der Waals surface area contributed by atoms with Crippen molar-refractivity contribution in [1.29, 1.82) is 0 Å². The van der Waals surface area contributed by atoms with Crippen LogP contribution in [0.2, 0.25) is 10.2 Å². The zero-order valence-corrected chi connectivity index (χ0v) is 11.3. The molecule has 0 aliphatic carbocycles. The first-order valence-corrected chi connectivity index (χ1v) is 5.93. The third kappa shape index (κ3) is 3.58. The van der Waals surface area contributed by atoms with E-state index in [0.717, 1.165) is 0 Å². The summed E-state index contributed by atoms with van der Waals surface area (Å²) in [6, 6.07) is 0.304. The molecule has 2 N–H and O–H groups in total. The number of carboxylic acids is 1. The number of carbonyl (C=O) groups excluding carboxylic acids is 1. The number of carbonyl (C=O) groups is 2. The normalized spacial score (nSPS) is 12.3. The Morgan fingerprint density at radius 1 is 1.39 bits per heavy atom. The summed E-state index contributed by atoms with van der Waals surface area (Å²) in [5.41, 5.74) is 0.101. The van der Waals surface area contributed by atoms with Gasteiger partial charge in [-0.1, -0.05) is 37.0 Å². The van der Waals surface area contributed by atoms with E-state index in [1.165, 1.54) is 12.3 Å². The molecule has 0 radical (unpaired) electrons. The second kappa shape index (κ2) is 6.02. The number of halogens is 2. The van der Waals surface area contributed by atoms with Crippen LogP contribution >= 0.6 is 23.2 Å². The lowest BCUT2D eigenvalue weighted by Gasteiger charge is -2.18. The molecule has 0 unspecified atom stereocenters. The molecule has 0 saturated heterocycles. The molecular weight excluding hydrogens is 279 g/mol. The van der Waals surface area contributed by atoms with E-state index in [2.05, 4.69) is 10.3 Å². The molecule has 18 heavy (non-hydrogen) atoms. The maximum atomic E-state index is 11.9. The Labute approximate surface area is 114 Å². The van der Waals surface area contributed by atoms with Gasteiger partial charge in [-0.15, -0.1) is 0 Å². The van der Waals surface area contributed by atoms with Crippen LogP contribution in [0.5, 0.6) is 0 Å². The van der Waals surface area contributed by atoms with Gasteiger partial charge in [-0.05, 0) is 12.0 Å². The number of aromatic nitrogens is 1. The molecule has 1 aromatic heterocycles. The molecule has 0 bridgehead atoms. The van der Waals surface area contributed by atoms with Crippen molar-refractivity contribution in [3.63, 3.8) is 0 Å². The molecule has 0 aliphatic heterocycles. The summed E-state index contributed by atoms with van der Waals surface area (Å²) in [7, 11) is 0. The molecule has 0 aromatic carbocycles. The van der Waals surface area contributed by atoms with Crippen molar-refractivity contribution in [2.75, 3.05) is 0 Å².